The van der Waals surface area contributed by atoms with E-state index < -0.39 is 0 Å². The second-order valence-corrected chi connectivity index (χ2v) is 4.88. The molecule has 2 aromatic heterocycles. The molecule has 0 aromatic carbocycles. The molecule has 2 rings (SSSR count). The van der Waals surface area contributed by atoms with Crippen LogP contribution in [0.15, 0.2) is 24.5 Å². The number of aromatic nitrogens is 3. The minimum Gasteiger partial charge on any atom is -0.345 e. The fourth-order valence-corrected chi connectivity index (χ4v) is 1.67. The minimum absolute atomic E-state index is 0.129. The van der Waals surface area contributed by atoms with Crippen LogP contribution in [-0.2, 0) is 5.41 Å². The van der Waals surface area contributed by atoms with Gasteiger partial charge >= 0.3 is 0 Å². The molecule has 2 aromatic rings. The molecule has 0 radical (unpaired) electrons. The Hall–Kier alpha value is -1.68. The summed E-state index contributed by atoms with van der Waals surface area (Å²) in [6, 6.07) is 3.92. The van der Waals surface area contributed by atoms with Gasteiger partial charge in [-0.2, -0.15) is 0 Å². The third kappa shape index (κ3) is 2.22. The van der Waals surface area contributed by atoms with Crippen LogP contribution >= 0.6 is 0 Å². The maximum Gasteiger partial charge on any atom is 0.113 e. The van der Waals surface area contributed by atoms with Crippen molar-refractivity contribution >= 4 is 0 Å². The molecule has 17 heavy (non-hydrogen) atoms. The summed E-state index contributed by atoms with van der Waals surface area (Å²) in [4.78, 5) is 12.0. The Balaban J connectivity index is 2.45. The molecule has 3 N–H and O–H groups in total. The van der Waals surface area contributed by atoms with Crippen molar-refractivity contribution in [1.29, 1.82) is 0 Å². The van der Waals surface area contributed by atoms with Crippen molar-refractivity contribution in [3.8, 4) is 11.3 Å². The van der Waals surface area contributed by atoms with E-state index in [0.717, 1.165) is 22.8 Å². The molecule has 0 unspecified atom stereocenters. The monoisotopic (exact) mass is 230 g/mol. The van der Waals surface area contributed by atoms with E-state index in [9.17, 15) is 0 Å². The number of nitrogens with one attached hydrogen (secondary N) is 1. The van der Waals surface area contributed by atoms with Crippen molar-refractivity contribution in [2.24, 2.45) is 5.73 Å². The lowest BCUT2D eigenvalue weighted by Gasteiger charge is -2.18. The van der Waals surface area contributed by atoms with Crippen molar-refractivity contribution in [2.45, 2.75) is 26.2 Å². The molecule has 0 amide bonds. The highest BCUT2D eigenvalue weighted by Crippen LogP contribution is 2.25. The zero-order chi connectivity index (χ0) is 12.5. The summed E-state index contributed by atoms with van der Waals surface area (Å²) < 4.78 is 0. The van der Waals surface area contributed by atoms with Crippen LogP contribution in [0.2, 0.25) is 0 Å². The Labute approximate surface area is 101 Å². The van der Waals surface area contributed by atoms with E-state index in [-0.39, 0.29) is 5.41 Å². The van der Waals surface area contributed by atoms with Gasteiger partial charge < -0.3 is 10.7 Å². The zero-order valence-electron chi connectivity index (χ0n) is 10.5. The average Bonchev–Trinajstić information content (AvgIpc) is 2.73. The SMILES string of the molecule is Cc1[nH]c(C(C)(C)CN)nc1-c1ccncc1. The van der Waals surface area contributed by atoms with Crippen molar-refractivity contribution < 1.29 is 0 Å². The first-order valence-corrected chi connectivity index (χ1v) is 5.72. The molecule has 4 heteroatoms. The molecule has 0 atom stereocenters. The molecule has 0 fully saturated rings. The molecule has 0 spiro atoms. The Bertz CT molecular complexity index is 499. The Morgan fingerprint density at radius 3 is 2.53 bits per heavy atom. The summed E-state index contributed by atoms with van der Waals surface area (Å²) in [6.07, 6.45) is 3.55. The van der Waals surface area contributed by atoms with Gasteiger partial charge in [0.2, 0.25) is 0 Å². The first-order valence-electron chi connectivity index (χ1n) is 5.72. The zero-order valence-corrected chi connectivity index (χ0v) is 10.5. The fraction of sp³-hybridized carbons (Fsp3) is 0.385. The number of nitrogens with zero attached hydrogens (tertiary/aromatic N) is 2. The van der Waals surface area contributed by atoms with Gasteiger partial charge in [0.25, 0.3) is 0 Å². The van der Waals surface area contributed by atoms with Crippen molar-refractivity contribution in [1.82, 2.24) is 15.0 Å². The van der Waals surface area contributed by atoms with Gasteiger partial charge in [-0.1, -0.05) is 13.8 Å². The molecule has 0 aliphatic rings. The van der Waals surface area contributed by atoms with Crippen LogP contribution in [0.25, 0.3) is 11.3 Å². The number of pyridine rings is 1. The van der Waals surface area contributed by atoms with Crippen LogP contribution in [0.5, 0.6) is 0 Å². The maximum absolute atomic E-state index is 5.77. The quantitative estimate of drug-likeness (QED) is 0.847. The summed E-state index contributed by atoms with van der Waals surface area (Å²) in [5, 5.41) is 0. The van der Waals surface area contributed by atoms with Crippen LogP contribution in [-0.4, -0.2) is 21.5 Å². The Morgan fingerprint density at radius 2 is 1.94 bits per heavy atom. The number of imidazole rings is 1. The van der Waals surface area contributed by atoms with E-state index >= 15 is 0 Å². The standard InChI is InChI=1S/C13H18N4/c1-9-11(10-4-6-15-7-5-10)17-12(16-9)13(2,3)8-14/h4-7H,8,14H2,1-3H3,(H,16,17). The third-order valence-electron chi connectivity index (χ3n) is 2.99. The second-order valence-electron chi connectivity index (χ2n) is 4.88. The van der Waals surface area contributed by atoms with Gasteiger partial charge in [-0.25, -0.2) is 4.98 Å². The van der Waals surface area contributed by atoms with Crippen molar-refractivity contribution in [3.05, 3.63) is 36.0 Å². The highest BCUT2D eigenvalue weighted by atomic mass is 15.0. The fourth-order valence-electron chi connectivity index (χ4n) is 1.67. The molecule has 0 bridgehead atoms. The van der Waals surface area contributed by atoms with E-state index in [0.29, 0.717) is 6.54 Å². The Kier molecular flexibility index (Phi) is 2.98. The lowest BCUT2D eigenvalue weighted by Crippen LogP contribution is -2.29. The van der Waals surface area contributed by atoms with Gasteiger partial charge in [-0.3, -0.25) is 4.98 Å². The van der Waals surface area contributed by atoms with Gasteiger partial charge in [0.15, 0.2) is 0 Å². The lowest BCUT2D eigenvalue weighted by molar-refractivity contribution is 0.507. The predicted molar refractivity (Wildman–Crippen MR) is 68.6 cm³/mol. The smallest absolute Gasteiger partial charge is 0.113 e. The molecule has 2 heterocycles. The first-order chi connectivity index (χ1) is 8.04. The van der Waals surface area contributed by atoms with Crippen LogP contribution in [0, 0.1) is 6.92 Å². The van der Waals surface area contributed by atoms with Crippen molar-refractivity contribution in [2.75, 3.05) is 6.54 Å². The van der Waals surface area contributed by atoms with Crippen molar-refractivity contribution in [3.63, 3.8) is 0 Å². The predicted octanol–water partition coefficient (Wildman–Crippen LogP) is 2.02. The molecule has 0 aliphatic carbocycles. The average molecular weight is 230 g/mol. The van der Waals surface area contributed by atoms with E-state index in [4.69, 9.17) is 5.73 Å². The van der Waals surface area contributed by atoms with E-state index in [1.54, 1.807) is 12.4 Å². The molecule has 4 nitrogen and oxygen atoms in total. The van der Waals surface area contributed by atoms with E-state index in [1.807, 2.05) is 19.1 Å². The number of H-pyrrole nitrogens is 1. The number of aryl methyl sites for hydroxylation is 1. The van der Waals surface area contributed by atoms with Gasteiger partial charge in [0.1, 0.15) is 5.82 Å². The summed E-state index contributed by atoms with van der Waals surface area (Å²) >= 11 is 0. The van der Waals surface area contributed by atoms with E-state index in [1.165, 1.54) is 0 Å². The number of nitrogens with two attached hydrogens (primary N) is 1. The number of rotatable bonds is 3. The summed E-state index contributed by atoms with van der Waals surface area (Å²) in [6.45, 7) is 6.76. The van der Waals surface area contributed by atoms with Crippen LogP contribution in [0.1, 0.15) is 25.4 Å². The van der Waals surface area contributed by atoms with Gasteiger partial charge in [0.05, 0.1) is 5.69 Å². The summed E-state index contributed by atoms with van der Waals surface area (Å²) in [7, 11) is 0. The number of hydrogen-bond acceptors (Lipinski definition) is 3. The molecule has 0 saturated carbocycles. The topological polar surface area (TPSA) is 67.6 Å². The second kappa shape index (κ2) is 4.30. The summed E-state index contributed by atoms with van der Waals surface area (Å²) in [5.41, 5.74) is 8.75. The van der Waals surface area contributed by atoms with Crippen LogP contribution in [0.3, 0.4) is 0 Å². The number of hydrogen-bond donors (Lipinski definition) is 2. The first kappa shape index (κ1) is 11.8. The van der Waals surface area contributed by atoms with Crippen LogP contribution in [0.4, 0.5) is 0 Å². The van der Waals surface area contributed by atoms with E-state index in [2.05, 4.69) is 28.8 Å². The summed E-state index contributed by atoms with van der Waals surface area (Å²) in [5.74, 6) is 0.935. The highest BCUT2D eigenvalue weighted by Gasteiger charge is 2.23. The molecular formula is C13H18N4. The minimum atomic E-state index is -0.129. The molecule has 0 saturated heterocycles. The molecule has 0 aliphatic heterocycles. The molecular weight excluding hydrogens is 212 g/mol. The maximum atomic E-state index is 5.77. The van der Waals surface area contributed by atoms with Gasteiger partial charge in [0, 0.05) is 35.6 Å². The number of aromatic amines is 1. The molecule has 90 valence electrons. The normalized spacial score (nSPS) is 11.8. The van der Waals surface area contributed by atoms with Gasteiger partial charge in [-0.15, -0.1) is 0 Å². The van der Waals surface area contributed by atoms with Crippen LogP contribution < -0.4 is 5.73 Å². The third-order valence-corrected chi connectivity index (χ3v) is 2.99. The van der Waals surface area contributed by atoms with Gasteiger partial charge in [-0.05, 0) is 19.1 Å². The lowest BCUT2D eigenvalue weighted by atomic mass is 9.93. The highest BCUT2D eigenvalue weighted by molar-refractivity contribution is 5.61. The largest absolute Gasteiger partial charge is 0.345 e. The Morgan fingerprint density at radius 1 is 1.29 bits per heavy atom.